The molecule has 1 aliphatic heterocycles. The highest BCUT2D eigenvalue weighted by molar-refractivity contribution is 5.49. The fraction of sp³-hybridized carbons (Fsp3) is 0.714. The lowest BCUT2D eigenvalue weighted by Crippen LogP contribution is -2.22. The zero-order chi connectivity index (χ0) is 14.4. The highest BCUT2D eigenvalue weighted by Gasteiger charge is 2.23. The Labute approximate surface area is 120 Å². The number of nitrogens with zero attached hydrogens (tertiary/aromatic N) is 3. The topological polar surface area (TPSA) is 70.5 Å². The molecule has 0 amide bonds. The van der Waals surface area contributed by atoms with Crippen molar-refractivity contribution in [1.29, 1.82) is 0 Å². The summed E-state index contributed by atoms with van der Waals surface area (Å²) in [6, 6.07) is 1.97. The molecule has 0 aromatic carbocycles. The lowest BCUT2D eigenvalue weighted by Gasteiger charge is -2.19. The number of rotatable bonds is 7. The van der Waals surface area contributed by atoms with Gasteiger partial charge in [-0.05, 0) is 25.7 Å². The first-order valence-electron chi connectivity index (χ1n) is 7.26. The second-order valence-electron chi connectivity index (χ2n) is 5.03. The first kappa shape index (κ1) is 15.0. The number of aromatic nitrogens is 2. The van der Waals surface area contributed by atoms with Crippen molar-refractivity contribution in [3.8, 4) is 0 Å². The quantitative estimate of drug-likeness (QED) is 0.783. The molecule has 0 radical (unpaired) electrons. The molecule has 2 heterocycles. The molecule has 1 unspecified atom stereocenters. The van der Waals surface area contributed by atoms with E-state index in [0.29, 0.717) is 25.0 Å². The van der Waals surface area contributed by atoms with Crippen LogP contribution in [-0.4, -0.2) is 48.4 Å². The minimum absolute atomic E-state index is 0.264. The predicted octanol–water partition coefficient (Wildman–Crippen LogP) is 1.26. The Balaban J connectivity index is 2.10. The number of anilines is 2. The average molecular weight is 280 g/mol. The van der Waals surface area contributed by atoms with Gasteiger partial charge in [-0.25, -0.2) is 9.97 Å². The van der Waals surface area contributed by atoms with E-state index in [9.17, 15) is 0 Å². The van der Waals surface area contributed by atoms with Gasteiger partial charge in [0, 0.05) is 39.4 Å². The molecule has 1 atom stereocenters. The van der Waals surface area contributed by atoms with Gasteiger partial charge in [-0.3, -0.25) is 0 Å². The van der Waals surface area contributed by atoms with Crippen LogP contribution in [-0.2, 0) is 11.3 Å². The van der Waals surface area contributed by atoms with E-state index in [2.05, 4.69) is 20.2 Å². The third kappa shape index (κ3) is 3.80. The maximum absolute atomic E-state index is 9.04. The molecule has 1 saturated heterocycles. The van der Waals surface area contributed by atoms with E-state index in [1.54, 1.807) is 0 Å². The maximum Gasteiger partial charge on any atom is 0.158 e. The number of hydrogen-bond donors (Lipinski definition) is 2. The molecule has 1 aromatic rings. The Kier molecular flexibility index (Phi) is 5.55. The monoisotopic (exact) mass is 280 g/mol. The summed E-state index contributed by atoms with van der Waals surface area (Å²) in [4.78, 5) is 11.2. The Bertz CT molecular complexity index is 428. The summed E-state index contributed by atoms with van der Waals surface area (Å²) in [5.41, 5.74) is 0. The molecule has 1 aromatic heterocycles. The first-order chi connectivity index (χ1) is 9.76. The van der Waals surface area contributed by atoms with E-state index in [4.69, 9.17) is 9.84 Å². The number of aliphatic hydroxyl groups excluding tert-OH is 1. The number of aliphatic hydroxyl groups is 1. The average Bonchev–Trinajstić information content (AvgIpc) is 2.94. The van der Waals surface area contributed by atoms with Crippen LogP contribution in [0.1, 0.15) is 25.6 Å². The molecule has 2 rings (SSSR count). The predicted molar refractivity (Wildman–Crippen MR) is 78.9 cm³/mol. The van der Waals surface area contributed by atoms with Crippen LogP contribution in [0.5, 0.6) is 0 Å². The number of ether oxygens (including phenoxy) is 1. The fourth-order valence-electron chi connectivity index (χ4n) is 2.49. The normalized spacial score (nSPS) is 18.6. The minimum atomic E-state index is 0.264. The smallest absolute Gasteiger partial charge is 0.158 e. The highest BCUT2D eigenvalue weighted by Crippen LogP contribution is 2.25. The second-order valence-corrected chi connectivity index (χ2v) is 5.03. The second kappa shape index (κ2) is 7.40. The largest absolute Gasteiger partial charge is 0.396 e. The van der Waals surface area contributed by atoms with Crippen molar-refractivity contribution < 1.29 is 9.84 Å². The van der Waals surface area contributed by atoms with Crippen LogP contribution in [0.3, 0.4) is 0 Å². The molecule has 20 heavy (non-hydrogen) atoms. The number of hydrogen-bond acceptors (Lipinski definition) is 6. The van der Waals surface area contributed by atoms with Gasteiger partial charge in [-0.1, -0.05) is 0 Å². The molecular weight excluding hydrogens is 256 g/mol. The van der Waals surface area contributed by atoms with E-state index in [1.807, 2.05) is 20.0 Å². The van der Waals surface area contributed by atoms with E-state index in [1.165, 1.54) is 0 Å². The molecule has 6 nitrogen and oxygen atoms in total. The van der Waals surface area contributed by atoms with E-state index >= 15 is 0 Å². The van der Waals surface area contributed by atoms with E-state index < -0.39 is 0 Å². The van der Waals surface area contributed by atoms with Gasteiger partial charge in [-0.15, -0.1) is 0 Å². The molecule has 6 heteroatoms. The zero-order valence-corrected chi connectivity index (χ0v) is 12.3. The third-order valence-corrected chi connectivity index (χ3v) is 3.60. The molecule has 1 fully saturated rings. The summed E-state index contributed by atoms with van der Waals surface area (Å²) in [7, 11) is 1.86. The van der Waals surface area contributed by atoms with Gasteiger partial charge in [0.15, 0.2) is 5.82 Å². The Hall–Kier alpha value is -1.40. The van der Waals surface area contributed by atoms with Crippen LogP contribution in [0.15, 0.2) is 6.07 Å². The summed E-state index contributed by atoms with van der Waals surface area (Å²) < 4.78 is 5.39. The maximum atomic E-state index is 9.04. The summed E-state index contributed by atoms with van der Waals surface area (Å²) >= 11 is 0. The van der Waals surface area contributed by atoms with Crippen molar-refractivity contribution in [2.75, 3.05) is 43.6 Å². The van der Waals surface area contributed by atoms with E-state index in [-0.39, 0.29) is 6.61 Å². The fourth-order valence-corrected chi connectivity index (χ4v) is 2.49. The number of nitrogens with one attached hydrogen (secondary N) is 1. The van der Waals surface area contributed by atoms with Crippen LogP contribution in [0, 0.1) is 5.92 Å². The molecule has 1 aliphatic rings. The van der Waals surface area contributed by atoms with Gasteiger partial charge in [-0.2, -0.15) is 0 Å². The summed E-state index contributed by atoms with van der Waals surface area (Å²) in [6.07, 6.45) is 1.98. The zero-order valence-electron chi connectivity index (χ0n) is 12.3. The Morgan fingerprint density at radius 1 is 1.50 bits per heavy atom. The van der Waals surface area contributed by atoms with Gasteiger partial charge in [0.2, 0.25) is 0 Å². The molecule has 0 spiro atoms. The lowest BCUT2D eigenvalue weighted by atomic mass is 10.1. The molecule has 0 bridgehead atoms. The highest BCUT2D eigenvalue weighted by atomic mass is 16.5. The van der Waals surface area contributed by atoms with E-state index in [0.717, 1.165) is 37.6 Å². The Morgan fingerprint density at radius 3 is 3.05 bits per heavy atom. The van der Waals surface area contributed by atoms with Crippen molar-refractivity contribution in [2.24, 2.45) is 5.92 Å². The molecular formula is C14H24N4O2. The van der Waals surface area contributed by atoms with Crippen molar-refractivity contribution in [3.05, 3.63) is 11.9 Å². The minimum Gasteiger partial charge on any atom is -0.396 e. The van der Waals surface area contributed by atoms with Gasteiger partial charge in [0.1, 0.15) is 18.2 Å². The van der Waals surface area contributed by atoms with Gasteiger partial charge < -0.3 is 20.1 Å². The molecule has 112 valence electrons. The molecule has 0 aliphatic carbocycles. The SMILES string of the molecule is CCOCc1nc(NC)cc(N2CCC(CCO)C2)n1. The van der Waals surface area contributed by atoms with Crippen LogP contribution in [0.2, 0.25) is 0 Å². The van der Waals surface area contributed by atoms with Crippen LogP contribution < -0.4 is 10.2 Å². The van der Waals surface area contributed by atoms with Gasteiger partial charge in [0.05, 0.1) is 0 Å². The van der Waals surface area contributed by atoms with Crippen LogP contribution in [0.25, 0.3) is 0 Å². The van der Waals surface area contributed by atoms with Crippen molar-refractivity contribution in [2.45, 2.75) is 26.4 Å². The lowest BCUT2D eigenvalue weighted by molar-refractivity contribution is 0.128. The van der Waals surface area contributed by atoms with Gasteiger partial charge in [0.25, 0.3) is 0 Å². The van der Waals surface area contributed by atoms with Crippen molar-refractivity contribution >= 4 is 11.6 Å². The Morgan fingerprint density at radius 2 is 2.35 bits per heavy atom. The van der Waals surface area contributed by atoms with Gasteiger partial charge >= 0.3 is 0 Å². The van der Waals surface area contributed by atoms with Crippen LogP contribution >= 0.6 is 0 Å². The van der Waals surface area contributed by atoms with Crippen molar-refractivity contribution in [1.82, 2.24) is 9.97 Å². The summed E-state index contributed by atoms with van der Waals surface area (Å²) in [6.45, 7) is 5.26. The summed E-state index contributed by atoms with van der Waals surface area (Å²) in [5.74, 6) is 3.03. The van der Waals surface area contributed by atoms with Crippen LogP contribution in [0.4, 0.5) is 11.6 Å². The van der Waals surface area contributed by atoms with Crippen molar-refractivity contribution in [3.63, 3.8) is 0 Å². The molecule has 0 saturated carbocycles. The summed E-state index contributed by atoms with van der Waals surface area (Å²) in [5, 5.41) is 12.1. The standard InChI is InChI=1S/C14H24N4O2/c1-3-20-10-13-16-12(15-2)8-14(17-13)18-6-4-11(9-18)5-7-19/h8,11,19H,3-7,9-10H2,1-2H3,(H,15,16,17). The molecule has 2 N–H and O–H groups in total. The third-order valence-electron chi connectivity index (χ3n) is 3.60. The first-order valence-corrected chi connectivity index (χ1v) is 7.26.